The number of rotatable bonds is 4. The van der Waals surface area contributed by atoms with Crippen molar-refractivity contribution in [3.63, 3.8) is 0 Å². The Kier molecular flexibility index (Phi) is 5.05. The summed E-state index contributed by atoms with van der Waals surface area (Å²) >= 11 is 0. The third-order valence-corrected chi connectivity index (χ3v) is 5.03. The quantitative estimate of drug-likeness (QED) is 0.761. The van der Waals surface area contributed by atoms with Crippen LogP contribution in [-0.4, -0.2) is 39.0 Å². The van der Waals surface area contributed by atoms with Gasteiger partial charge >= 0.3 is 0 Å². The van der Waals surface area contributed by atoms with Crippen LogP contribution in [-0.2, 0) is 6.54 Å². The maximum absolute atomic E-state index is 13.8. The van der Waals surface area contributed by atoms with Crippen LogP contribution in [0.15, 0.2) is 54.7 Å². The average Bonchev–Trinajstić information content (AvgIpc) is 3.06. The van der Waals surface area contributed by atoms with Gasteiger partial charge in [0.05, 0.1) is 17.5 Å². The van der Waals surface area contributed by atoms with Crippen molar-refractivity contribution in [1.82, 2.24) is 14.7 Å². The summed E-state index contributed by atoms with van der Waals surface area (Å²) in [6.07, 6.45) is 3.59. The van der Waals surface area contributed by atoms with Gasteiger partial charge in [0, 0.05) is 30.4 Å². The molecular weight excluding hydrogens is 341 g/mol. The number of aliphatic hydroxyl groups excluding tert-OH is 1. The molecule has 0 unspecified atom stereocenters. The number of β-amino-alcohol motifs (C(OH)–C–C–N with tert-alkyl or cyclic N) is 1. The molecule has 0 radical (unpaired) electrons. The number of hydrogen-bond donors (Lipinski definition) is 1. The largest absolute Gasteiger partial charge is 0.392 e. The molecule has 3 aromatic rings. The number of hydrogen-bond acceptors (Lipinski definition) is 3. The summed E-state index contributed by atoms with van der Waals surface area (Å²) in [6.45, 7) is 4.36. The second-order valence-corrected chi connectivity index (χ2v) is 7.33. The zero-order chi connectivity index (χ0) is 18.8. The Hall–Kier alpha value is -2.50. The normalized spacial score (nSPS) is 18.0. The van der Waals surface area contributed by atoms with Crippen molar-refractivity contribution in [3.8, 4) is 16.9 Å². The summed E-state index contributed by atoms with van der Waals surface area (Å²) in [5.41, 5.74) is 4.75. The van der Waals surface area contributed by atoms with Crippen LogP contribution in [0.2, 0.25) is 0 Å². The summed E-state index contributed by atoms with van der Waals surface area (Å²) in [5, 5.41) is 14.8. The molecule has 2 heterocycles. The molecule has 2 aromatic carbocycles. The van der Waals surface area contributed by atoms with Gasteiger partial charge in [0.2, 0.25) is 0 Å². The minimum absolute atomic E-state index is 0.267. The standard InChI is InChI=1S/C22H24FN3O/c1-16-5-2-8-20(11-16)26-14-18(13-25-10-4-9-21(27)15-25)22(24-26)17-6-3-7-19(23)12-17/h2-3,5-8,11-12,14,21,27H,4,9-10,13,15H2,1H3/t21-/m0/s1. The highest BCUT2D eigenvalue weighted by atomic mass is 19.1. The Morgan fingerprint density at radius 3 is 2.81 bits per heavy atom. The molecule has 5 heteroatoms. The molecule has 1 saturated heterocycles. The van der Waals surface area contributed by atoms with Gasteiger partial charge < -0.3 is 5.11 Å². The zero-order valence-electron chi connectivity index (χ0n) is 15.5. The molecule has 0 saturated carbocycles. The van der Waals surface area contributed by atoms with E-state index in [2.05, 4.69) is 24.0 Å². The van der Waals surface area contributed by atoms with E-state index in [-0.39, 0.29) is 11.9 Å². The lowest BCUT2D eigenvalue weighted by Crippen LogP contribution is -2.37. The number of nitrogens with zero attached hydrogens (tertiary/aromatic N) is 3. The van der Waals surface area contributed by atoms with Crippen LogP contribution in [0.4, 0.5) is 4.39 Å². The molecule has 4 nitrogen and oxygen atoms in total. The van der Waals surface area contributed by atoms with Gasteiger partial charge in [-0.05, 0) is 56.1 Å². The van der Waals surface area contributed by atoms with Gasteiger partial charge in [0.15, 0.2) is 0 Å². The van der Waals surface area contributed by atoms with Crippen LogP contribution >= 0.6 is 0 Å². The van der Waals surface area contributed by atoms with Crippen molar-refractivity contribution >= 4 is 0 Å². The van der Waals surface area contributed by atoms with Gasteiger partial charge in [-0.1, -0.05) is 24.3 Å². The van der Waals surface area contributed by atoms with Gasteiger partial charge in [-0.3, -0.25) is 4.90 Å². The lowest BCUT2D eigenvalue weighted by atomic mass is 10.1. The molecule has 1 aromatic heterocycles. The van der Waals surface area contributed by atoms with E-state index in [0.717, 1.165) is 47.5 Å². The third-order valence-electron chi connectivity index (χ3n) is 5.03. The van der Waals surface area contributed by atoms with Gasteiger partial charge in [0.25, 0.3) is 0 Å². The van der Waals surface area contributed by atoms with E-state index < -0.39 is 0 Å². The molecule has 0 spiro atoms. The lowest BCUT2D eigenvalue weighted by Gasteiger charge is -2.29. The fourth-order valence-corrected chi connectivity index (χ4v) is 3.72. The van der Waals surface area contributed by atoms with Crippen molar-refractivity contribution in [2.75, 3.05) is 13.1 Å². The number of aliphatic hydroxyl groups is 1. The molecule has 0 bridgehead atoms. The predicted octanol–water partition coefficient (Wildman–Crippen LogP) is 3.94. The molecule has 0 amide bonds. The number of likely N-dealkylation sites (tertiary alicyclic amines) is 1. The maximum atomic E-state index is 13.8. The van der Waals surface area contributed by atoms with Crippen LogP contribution in [0.5, 0.6) is 0 Å². The van der Waals surface area contributed by atoms with E-state index in [0.29, 0.717) is 13.1 Å². The van der Waals surface area contributed by atoms with Crippen LogP contribution in [0.3, 0.4) is 0 Å². The number of benzene rings is 2. The first-order valence-electron chi connectivity index (χ1n) is 9.40. The Morgan fingerprint density at radius 1 is 1.19 bits per heavy atom. The topological polar surface area (TPSA) is 41.3 Å². The van der Waals surface area contributed by atoms with E-state index in [1.54, 1.807) is 6.07 Å². The van der Waals surface area contributed by atoms with Crippen molar-refractivity contribution in [3.05, 3.63) is 71.7 Å². The second kappa shape index (κ2) is 7.62. The van der Waals surface area contributed by atoms with Gasteiger partial charge in [-0.15, -0.1) is 0 Å². The predicted molar refractivity (Wildman–Crippen MR) is 104 cm³/mol. The first-order valence-corrected chi connectivity index (χ1v) is 9.40. The Morgan fingerprint density at radius 2 is 2.04 bits per heavy atom. The Bertz CT molecular complexity index is 937. The summed E-state index contributed by atoms with van der Waals surface area (Å²) in [7, 11) is 0. The van der Waals surface area contributed by atoms with Gasteiger partial charge in [0.1, 0.15) is 5.82 Å². The molecule has 0 aliphatic carbocycles. The monoisotopic (exact) mass is 365 g/mol. The highest BCUT2D eigenvalue weighted by molar-refractivity contribution is 5.63. The minimum atomic E-state index is -0.275. The van der Waals surface area contributed by atoms with Gasteiger partial charge in [-0.2, -0.15) is 5.10 Å². The fraction of sp³-hybridized carbons (Fsp3) is 0.318. The van der Waals surface area contributed by atoms with E-state index >= 15 is 0 Å². The second-order valence-electron chi connectivity index (χ2n) is 7.33. The summed E-state index contributed by atoms with van der Waals surface area (Å²) < 4.78 is 15.7. The zero-order valence-corrected chi connectivity index (χ0v) is 15.5. The van der Waals surface area contributed by atoms with Crippen LogP contribution in [0, 0.1) is 12.7 Å². The van der Waals surface area contributed by atoms with Crippen molar-refractivity contribution in [2.24, 2.45) is 0 Å². The number of aromatic nitrogens is 2. The number of piperidine rings is 1. The molecule has 1 aliphatic rings. The molecule has 27 heavy (non-hydrogen) atoms. The number of halogens is 1. The van der Waals surface area contributed by atoms with Crippen molar-refractivity contribution in [2.45, 2.75) is 32.4 Å². The van der Waals surface area contributed by atoms with E-state index in [9.17, 15) is 9.50 Å². The van der Waals surface area contributed by atoms with Crippen LogP contribution in [0.1, 0.15) is 24.0 Å². The fourth-order valence-electron chi connectivity index (χ4n) is 3.72. The molecular formula is C22H24FN3O. The minimum Gasteiger partial charge on any atom is -0.392 e. The molecule has 140 valence electrons. The molecule has 1 N–H and O–H groups in total. The Labute approximate surface area is 158 Å². The molecule has 4 rings (SSSR count). The lowest BCUT2D eigenvalue weighted by molar-refractivity contribution is 0.0669. The highest BCUT2D eigenvalue weighted by Crippen LogP contribution is 2.26. The van der Waals surface area contributed by atoms with Gasteiger partial charge in [-0.25, -0.2) is 9.07 Å². The molecule has 1 aliphatic heterocycles. The summed E-state index contributed by atoms with van der Waals surface area (Å²) in [4.78, 5) is 2.24. The van der Waals surface area contributed by atoms with E-state index in [1.165, 1.54) is 12.1 Å². The van der Waals surface area contributed by atoms with Crippen molar-refractivity contribution in [1.29, 1.82) is 0 Å². The first kappa shape index (κ1) is 17.9. The van der Waals surface area contributed by atoms with Crippen LogP contribution in [0.25, 0.3) is 16.9 Å². The Balaban J connectivity index is 1.73. The SMILES string of the molecule is Cc1cccc(-n2cc(CN3CCC[C@H](O)C3)c(-c3cccc(F)c3)n2)c1. The third kappa shape index (κ3) is 4.10. The highest BCUT2D eigenvalue weighted by Gasteiger charge is 2.21. The van der Waals surface area contributed by atoms with Crippen molar-refractivity contribution < 1.29 is 9.50 Å². The summed E-state index contributed by atoms with van der Waals surface area (Å²) in [6, 6.07) is 14.7. The average molecular weight is 365 g/mol. The smallest absolute Gasteiger partial charge is 0.123 e. The maximum Gasteiger partial charge on any atom is 0.123 e. The summed E-state index contributed by atoms with van der Waals surface area (Å²) in [5.74, 6) is -0.267. The molecule has 1 atom stereocenters. The van der Waals surface area contributed by atoms with E-state index in [1.807, 2.05) is 29.1 Å². The van der Waals surface area contributed by atoms with Crippen LogP contribution < -0.4 is 0 Å². The molecule has 1 fully saturated rings. The number of aryl methyl sites for hydroxylation is 1. The first-order chi connectivity index (χ1) is 13.1. The van der Waals surface area contributed by atoms with E-state index in [4.69, 9.17) is 5.10 Å².